The smallest absolute Gasteiger partial charge is 0.363 e. The van der Waals surface area contributed by atoms with Crippen LogP contribution in [0.5, 0.6) is 11.5 Å². The molecule has 0 spiro atoms. The van der Waals surface area contributed by atoms with Crippen LogP contribution in [0.3, 0.4) is 0 Å². The maximum atomic E-state index is 13.9. The van der Waals surface area contributed by atoms with Gasteiger partial charge >= 0.3 is 5.97 Å². The minimum absolute atomic E-state index is 0.0214. The maximum Gasteiger partial charge on any atom is 0.363 e. The highest BCUT2D eigenvalue weighted by atomic mass is 79.9. The summed E-state index contributed by atoms with van der Waals surface area (Å²) >= 11 is 3.40. The SMILES string of the molecule is CCOc1c(Br)cc(/C=C2\N=C(c3ccc(F)cc3F)OC2=O)cc1OC. The van der Waals surface area contributed by atoms with Crippen molar-refractivity contribution in [1.82, 2.24) is 0 Å². The van der Waals surface area contributed by atoms with Gasteiger partial charge in [-0.25, -0.2) is 18.6 Å². The van der Waals surface area contributed by atoms with Gasteiger partial charge in [0.2, 0.25) is 5.90 Å². The van der Waals surface area contributed by atoms with E-state index in [9.17, 15) is 13.6 Å². The van der Waals surface area contributed by atoms with Crippen LogP contribution in [0.25, 0.3) is 6.08 Å². The molecule has 140 valence electrons. The number of methoxy groups -OCH3 is 1. The van der Waals surface area contributed by atoms with E-state index in [0.717, 1.165) is 12.1 Å². The summed E-state index contributed by atoms with van der Waals surface area (Å²) in [5.74, 6) is -1.55. The lowest BCUT2D eigenvalue weighted by molar-refractivity contribution is -0.129. The van der Waals surface area contributed by atoms with Crippen molar-refractivity contribution in [3.05, 3.63) is 63.3 Å². The highest BCUT2D eigenvalue weighted by molar-refractivity contribution is 9.10. The van der Waals surface area contributed by atoms with Gasteiger partial charge in [0.25, 0.3) is 0 Å². The summed E-state index contributed by atoms with van der Waals surface area (Å²) in [4.78, 5) is 16.1. The molecule has 0 atom stereocenters. The topological polar surface area (TPSA) is 57.1 Å². The summed E-state index contributed by atoms with van der Waals surface area (Å²) in [6.07, 6.45) is 1.47. The molecule has 2 aromatic rings. The zero-order valence-corrected chi connectivity index (χ0v) is 16.0. The van der Waals surface area contributed by atoms with Crippen LogP contribution < -0.4 is 9.47 Å². The Kier molecular flexibility index (Phi) is 5.55. The number of benzene rings is 2. The zero-order valence-electron chi connectivity index (χ0n) is 14.4. The molecular weight excluding hydrogens is 424 g/mol. The van der Waals surface area contributed by atoms with Crippen molar-refractivity contribution < 1.29 is 27.8 Å². The second-order valence-corrected chi connectivity index (χ2v) is 6.28. The Hall–Kier alpha value is -2.74. The number of carbonyl (C=O) groups excluding carboxylic acids is 1. The van der Waals surface area contributed by atoms with Crippen LogP contribution in [-0.2, 0) is 9.53 Å². The molecule has 0 bridgehead atoms. The molecular formula is C19H14BrF2NO4. The van der Waals surface area contributed by atoms with Crippen LogP contribution in [0, 0.1) is 11.6 Å². The van der Waals surface area contributed by atoms with Gasteiger partial charge in [-0.05, 0) is 58.8 Å². The quantitative estimate of drug-likeness (QED) is 0.511. The van der Waals surface area contributed by atoms with Crippen LogP contribution in [0.15, 0.2) is 45.5 Å². The standard InChI is InChI=1S/C19H14BrF2NO4/c1-3-26-17-13(20)6-10(8-16(17)25-2)7-15-19(24)27-18(23-15)12-5-4-11(21)9-14(12)22/h4-9H,3H2,1-2H3/b15-7-. The van der Waals surface area contributed by atoms with E-state index in [1.54, 1.807) is 12.1 Å². The normalized spacial score (nSPS) is 14.9. The number of halogens is 3. The molecule has 0 saturated carbocycles. The predicted molar refractivity (Wildman–Crippen MR) is 98.8 cm³/mol. The van der Waals surface area contributed by atoms with E-state index >= 15 is 0 Å². The number of aliphatic imine (C=N–C) groups is 1. The molecule has 8 heteroatoms. The number of carbonyl (C=O) groups is 1. The largest absolute Gasteiger partial charge is 0.493 e. The van der Waals surface area contributed by atoms with E-state index < -0.39 is 17.6 Å². The van der Waals surface area contributed by atoms with Gasteiger partial charge in [0.1, 0.15) is 11.6 Å². The third-order valence-corrected chi connectivity index (χ3v) is 4.21. The van der Waals surface area contributed by atoms with Gasteiger partial charge in [0, 0.05) is 6.07 Å². The highest BCUT2D eigenvalue weighted by Gasteiger charge is 2.26. The Morgan fingerprint density at radius 1 is 1.26 bits per heavy atom. The van der Waals surface area contributed by atoms with E-state index in [0.29, 0.717) is 34.2 Å². The molecule has 3 rings (SSSR count). The molecule has 0 aliphatic carbocycles. The number of ether oxygens (including phenoxy) is 3. The summed E-state index contributed by atoms with van der Waals surface area (Å²) in [6, 6.07) is 6.31. The van der Waals surface area contributed by atoms with E-state index in [4.69, 9.17) is 14.2 Å². The molecule has 0 amide bonds. The van der Waals surface area contributed by atoms with Gasteiger partial charge in [-0.1, -0.05) is 0 Å². The lowest BCUT2D eigenvalue weighted by atomic mass is 10.1. The number of hydrogen-bond donors (Lipinski definition) is 0. The van der Waals surface area contributed by atoms with Crippen molar-refractivity contribution in [3.8, 4) is 11.5 Å². The summed E-state index contributed by atoms with van der Waals surface area (Å²) in [6.45, 7) is 2.31. The van der Waals surface area contributed by atoms with Gasteiger partial charge in [-0.2, -0.15) is 0 Å². The lowest BCUT2D eigenvalue weighted by Crippen LogP contribution is -2.07. The summed E-state index contributed by atoms with van der Waals surface area (Å²) < 4.78 is 43.4. The van der Waals surface area contributed by atoms with Crippen LogP contribution >= 0.6 is 15.9 Å². The molecule has 0 radical (unpaired) electrons. The van der Waals surface area contributed by atoms with Crippen molar-refractivity contribution >= 4 is 33.9 Å². The molecule has 0 saturated heterocycles. The van der Waals surface area contributed by atoms with E-state index in [-0.39, 0.29) is 17.2 Å². The summed E-state index contributed by atoms with van der Waals surface area (Å²) in [7, 11) is 1.50. The Labute approximate surface area is 162 Å². The zero-order chi connectivity index (χ0) is 19.6. The fraction of sp³-hybridized carbons (Fsp3) is 0.158. The van der Waals surface area contributed by atoms with Crippen molar-refractivity contribution in [2.75, 3.05) is 13.7 Å². The summed E-state index contributed by atoms with van der Waals surface area (Å²) in [5.41, 5.74) is 0.476. The molecule has 0 fully saturated rings. The molecule has 1 aliphatic heterocycles. The number of hydrogen-bond acceptors (Lipinski definition) is 5. The minimum Gasteiger partial charge on any atom is -0.493 e. The fourth-order valence-corrected chi connectivity index (χ4v) is 3.03. The third-order valence-electron chi connectivity index (χ3n) is 3.63. The maximum absolute atomic E-state index is 13.9. The monoisotopic (exact) mass is 437 g/mol. The van der Waals surface area contributed by atoms with Crippen LogP contribution in [0.4, 0.5) is 8.78 Å². The van der Waals surface area contributed by atoms with Crippen molar-refractivity contribution in [1.29, 1.82) is 0 Å². The van der Waals surface area contributed by atoms with Gasteiger partial charge in [-0.15, -0.1) is 0 Å². The van der Waals surface area contributed by atoms with Gasteiger partial charge < -0.3 is 14.2 Å². The lowest BCUT2D eigenvalue weighted by Gasteiger charge is -2.12. The average Bonchev–Trinajstić information content (AvgIpc) is 2.97. The Balaban J connectivity index is 1.98. The first-order valence-corrected chi connectivity index (χ1v) is 8.70. The molecule has 2 aromatic carbocycles. The highest BCUT2D eigenvalue weighted by Crippen LogP contribution is 2.37. The van der Waals surface area contributed by atoms with Crippen LogP contribution in [0.2, 0.25) is 0 Å². The molecule has 0 aromatic heterocycles. The average molecular weight is 438 g/mol. The number of nitrogens with zero attached hydrogens (tertiary/aromatic N) is 1. The van der Waals surface area contributed by atoms with Gasteiger partial charge in [-0.3, -0.25) is 0 Å². The van der Waals surface area contributed by atoms with E-state index in [1.165, 1.54) is 13.2 Å². The van der Waals surface area contributed by atoms with E-state index in [1.807, 2.05) is 6.92 Å². The van der Waals surface area contributed by atoms with Gasteiger partial charge in [0.05, 0.1) is 23.8 Å². The van der Waals surface area contributed by atoms with Crippen LogP contribution in [-0.4, -0.2) is 25.6 Å². The molecule has 5 nitrogen and oxygen atoms in total. The minimum atomic E-state index is -0.867. The van der Waals surface area contributed by atoms with E-state index in [2.05, 4.69) is 20.9 Å². The predicted octanol–water partition coefficient (Wildman–Crippen LogP) is 4.48. The van der Waals surface area contributed by atoms with Gasteiger partial charge in [0.15, 0.2) is 17.2 Å². The Morgan fingerprint density at radius 3 is 2.70 bits per heavy atom. The second-order valence-electron chi connectivity index (χ2n) is 5.43. The fourth-order valence-electron chi connectivity index (χ4n) is 2.45. The first-order chi connectivity index (χ1) is 12.9. The number of cyclic esters (lactones) is 1. The van der Waals surface area contributed by atoms with Crippen molar-refractivity contribution in [2.45, 2.75) is 6.92 Å². The molecule has 1 aliphatic rings. The van der Waals surface area contributed by atoms with Crippen LogP contribution in [0.1, 0.15) is 18.1 Å². The first kappa shape index (κ1) is 19.0. The van der Waals surface area contributed by atoms with Crippen molar-refractivity contribution in [3.63, 3.8) is 0 Å². The molecule has 1 heterocycles. The molecule has 0 N–H and O–H groups in total. The first-order valence-electron chi connectivity index (χ1n) is 7.91. The Morgan fingerprint density at radius 2 is 2.04 bits per heavy atom. The van der Waals surface area contributed by atoms with Crippen molar-refractivity contribution in [2.24, 2.45) is 4.99 Å². The summed E-state index contributed by atoms with van der Waals surface area (Å²) in [5, 5.41) is 0. The number of rotatable bonds is 5. The molecule has 0 unspecified atom stereocenters. The Bertz CT molecular complexity index is 972. The third kappa shape index (κ3) is 4.00. The second kappa shape index (κ2) is 7.87. The molecule has 27 heavy (non-hydrogen) atoms. The number of esters is 1.